The number of nitrogens with zero attached hydrogens (tertiary/aromatic N) is 5. The highest BCUT2D eigenvalue weighted by Crippen LogP contribution is 2.28. The van der Waals surface area contributed by atoms with Crippen LogP contribution in [-0.4, -0.2) is 76.8 Å². The van der Waals surface area contributed by atoms with Crippen molar-refractivity contribution < 1.29 is 18.5 Å². The van der Waals surface area contributed by atoms with Gasteiger partial charge in [-0.2, -0.15) is 0 Å². The summed E-state index contributed by atoms with van der Waals surface area (Å²) < 4.78 is 21.4. The first-order chi connectivity index (χ1) is 14.9. The number of carbonyl (C=O) groups excluding carboxylic acids is 1. The fraction of sp³-hybridized carbons (Fsp3) is 0.286. The number of piperazine rings is 1. The fourth-order valence-electron chi connectivity index (χ4n) is 4.08. The molecule has 2 fully saturated rings. The predicted molar refractivity (Wildman–Crippen MR) is 113 cm³/mol. The Kier molecular flexibility index (Phi) is 4.42. The second-order valence-electron chi connectivity index (χ2n) is 7.80. The molecule has 31 heavy (non-hydrogen) atoms. The van der Waals surface area contributed by atoms with E-state index in [0.717, 1.165) is 5.57 Å². The third-order valence-electron chi connectivity index (χ3n) is 5.75. The van der Waals surface area contributed by atoms with Crippen LogP contribution in [0.2, 0.25) is 0 Å². The summed E-state index contributed by atoms with van der Waals surface area (Å²) in [5.74, 6) is 0.227. The van der Waals surface area contributed by atoms with Crippen LogP contribution in [0.25, 0.3) is 5.57 Å². The number of benzene rings is 1. The molecule has 1 amide bonds. The number of nitrogen functional groups attached to an aromatic ring is 1. The number of cyclic esters (lactones) is 1. The first kappa shape index (κ1) is 19.2. The summed E-state index contributed by atoms with van der Waals surface area (Å²) >= 11 is 0. The molecule has 158 valence electrons. The molecule has 1 unspecified atom stereocenters. The normalized spacial score (nSPS) is 19.9. The second kappa shape index (κ2) is 7.15. The van der Waals surface area contributed by atoms with Gasteiger partial charge in [-0.05, 0) is 12.1 Å². The largest absolute Gasteiger partial charge is 0.447 e. The smallest absolute Gasteiger partial charge is 0.410 e. The van der Waals surface area contributed by atoms with Crippen molar-refractivity contribution in [2.75, 3.05) is 43.9 Å². The van der Waals surface area contributed by atoms with Gasteiger partial charge >= 0.3 is 6.09 Å². The molecule has 0 spiro atoms. The summed E-state index contributed by atoms with van der Waals surface area (Å²) in [6.07, 6.45) is 4.74. The zero-order chi connectivity index (χ0) is 21.7. The maximum absolute atomic E-state index is 14.4. The van der Waals surface area contributed by atoms with E-state index < -0.39 is 5.82 Å². The summed E-state index contributed by atoms with van der Waals surface area (Å²) in [6, 6.07) is 4.54. The van der Waals surface area contributed by atoms with Crippen LogP contribution in [0.15, 0.2) is 30.7 Å². The van der Waals surface area contributed by atoms with Crippen molar-refractivity contribution in [2.24, 2.45) is 0 Å². The molecule has 1 aromatic heterocycles. The van der Waals surface area contributed by atoms with Gasteiger partial charge in [0.1, 0.15) is 37.2 Å². The zero-order valence-electron chi connectivity index (χ0n) is 16.9. The number of nitrogens with one attached hydrogen (secondary N) is 1. The van der Waals surface area contributed by atoms with Gasteiger partial charge in [-0.3, -0.25) is 10.3 Å². The zero-order valence-corrected chi connectivity index (χ0v) is 16.9. The highest BCUT2D eigenvalue weighted by atomic mass is 19.1. The standard InChI is InChI=1S/C21H21FN7O2/c1-27-7-12(8-27)14-4-15(17(23)5-16(14)22)20(24)18-6-19(26-11-25-18)28-2-3-29-13(9-28)10-31-21(29)30/h4-8,11,13,24H,2-3,9-10,23H2,1H3/q+1. The number of anilines is 2. The number of halogens is 1. The first-order valence-corrected chi connectivity index (χ1v) is 9.88. The second-order valence-corrected chi connectivity index (χ2v) is 7.80. The third kappa shape index (κ3) is 3.29. The molecule has 3 N–H and O–H groups in total. The first-order valence-electron chi connectivity index (χ1n) is 9.88. The molecule has 4 heterocycles. The summed E-state index contributed by atoms with van der Waals surface area (Å²) in [6.45, 7) is 2.11. The number of ether oxygens (including phenoxy) is 1. The van der Waals surface area contributed by atoms with E-state index in [4.69, 9.17) is 15.9 Å². The molecule has 2 saturated heterocycles. The minimum Gasteiger partial charge on any atom is -0.447 e. The number of hydrogen-bond donors (Lipinski definition) is 2. The molecule has 0 bridgehead atoms. The van der Waals surface area contributed by atoms with Gasteiger partial charge < -0.3 is 15.4 Å². The number of aromatic nitrogens is 2. The van der Waals surface area contributed by atoms with Gasteiger partial charge in [-0.1, -0.05) is 0 Å². The van der Waals surface area contributed by atoms with Crippen LogP contribution in [0.5, 0.6) is 0 Å². The Labute approximate surface area is 177 Å². The van der Waals surface area contributed by atoms with Crippen molar-refractivity contribution in [3.8, 4) is 0 Å². The Morgan fingerprint density at radius 3 is 2.90 bits per heavy atom. The Morgan fingerprint density at radius 1 is 1.32 bits per heavy atom. The van der Waals surface area contributed by atoms with E-state index in [1.54, 1.807) is 17.0 Å². The average molecular weight is 422 g/mol. The van der Waals surface area contributed by atoms with Gasteiger partial charge in [0.15, 0.2) is 12.4 Å². The molecule has 3 aliphatic heterocycles. The van der Waals surface area contributed by atoms with Crippen molar-refractivity contribution in [1.82, 2.24) is 14.9 Å². The number of amides is 1. The van der Waals surface area contributed by atoms with E-state index >= 15 is 0 Å². The topological polar surface area (TPSA) is 111 Å². The number of fused-ring (bicyclic) bond motifs is 1. The molecule has 3 aliphatic rings. The SMILES string of the molecule is C[N+]1=CC(c2cc(C(=N)c3cc(N4CCN5C(=O)OCC5C4)ncn3)c(N)cc2F)=C1. The van der Waals surface area contributed by atoms with Gasteiger partial charge in [0.25, 0.3) is 0 Å². The van der Waals surface area contributed by atoms with E-state index in [9.17, 15) is 9.18 Å². The molecule has 0 aliphatic carbocycles. The summed E-state index contributed by atoms with van der Waals surface area (Å²) in [5, 5.41) is 8.67. The molecule has 9 nitrogen and oxygen atoms in total. The fourth-order valence-corrected chi connectivity index (χ4v) is 4.08. The summed E-state index contributed by atoms with van der Waals surface area (Å²) in [5.41, 5.74) is 8.24. The van der Waals surface area contributed by atoms with Crippen molar-refractivity contribution in [1.29, 1.82) is 5.41 Å². The van der Waals surface area contributed by atoms with Crippen molar-refractivity contribution in [3.05, 3.63) is 53.4 Å². The van der Waals surface area contributed by atoms with Crippen molar-refractivity contribution in [2.45, 2.75) is 6.04 Å². The van der Waals surface area contributed by atoms with Gasteiger partial charge in [-0.15, -0.1) is 0 Å². The molecule has 2 aromatic rings. The highest BCUT2D eigenvalue weighted by Gasteiger charge is 2.37. The van der Waals surface area contributed by atoms with E-state index in [-0.39, 0.29) is 23.5 Å². The number of rotatable bonds is 4. The number of nitrogens with two attached hydrogens (primary N) is 1. The number of carbonyl (C=O) groups is 1. The minimum atomic E-state index is -0.431. The van der Waals surface area contributed by atoms with E-state index in [1.807, 2.05) is 28.9 Å². The van der Waals surface area contributed by atoms with Gasteiger partial charge in [0.2, 0.25) is 0 Å². The lowest BCUT2D eigenvalue weighted by Crippen LogP contribution is -2.52. The number of allylic oxidation sites excluding steroid dienone is 1. The average Bonchev–Trinajstić information content (AvgIpc) is 3.12. The quantitative estimate of drug-likeness (QED) is 0.437. The minimum absolute atomic E-state index is 0.0143. The maximum atomic E-state index is 14.4. The highest BCUT2D eigenvalue weighted by molar-refractivity contribution is 6.15. The van der Waals surface area contributed by atoms with Crippen molar-refractivity contribution in [3.63, 3.8) is 0 Å². The third-order valence-corrected chi connectivity index (χ3v) is 5.75. The molecule has 0 saturated carbocycles. The van der Waals surface area contributed by atoms with E-state index in [1.165, 1.54) is 12.4 Å². The van der Waals surface area contributed by atoms with Crippen LogP contribution in [0.4, 0.5) is 20.7 Å². The molecular formula is C21H21FN7O2+. The summed E-state index contributed by atoms with van der Waals surface area (Å²) in [7, 11) is 1.86. The maximum Gasteiger partial charge on any atom is 0.410 e. The Balaban J connectivity index is 1.41. The van der Waals surface area contributed by atoms with Crippen LogP contribution < -0.4 is 10.6 Å². The molecular weight excluding hydrogens is 401 g/mol. The Bertz CT molecular complexity index is 1180. The summed E-state index contributed by atoms with van der Waals surface area (Å²) in [4.78, 5) is 24.1. The van der Waals surface area contributed by atoms with Crippen LogP contribution in [0, 0.1) is 11.2 Å². The van der Waals surface area contributed by atoms with E-state index in [2.05, 4.69) is 9.97 Å². The van der Waals surface area contributed by atoms with Crippen LogP contribution in [0.3, 0.4) is 0 Å². The van der Waals surface area contributed by atoms with Crippen LogP contribution in [0.1, 0.15) is 16.8 Å². The molecule has 1 atom stereocenters. The monoisotopic (exact) mass is 422 g/mol. The molecule has 10 heteroatoms. The Morgan fingerprint density at radius 2 is 2.13 bits per heavy atom. The molecule has 5 rings (SSSR count). The lowest BCUT2D eigenvalue weighted by Gasteiger charge is -2.36. The number of hydrogen-bond acceptors (Lipinski definition) is 7. The predicted octanol–water partition coefficient (Wildman–Crippen LogP) is 1.32. The van der Waals surface area contributed by atoms with Crippen LogP contribution in [-0.2, 0) is 4.74 Å². The Hall–Kier alpha value is -3.82. The van der Waals surface area contributed by atoms with Crippen molar-refractivity contribution >= 4 is 35.1 Å². The lowest BCUT2D eigenvalue weighted by atomic mass is 9.97. The van der Waals surface area contributed by atoms with Gasteiger partial charge in [-0.25, -0.2) is 23.7 Å². The van der Waals surface area contributed by atoms with Crippen LogP contribution >= 0.6 is 0 Å². The lowest BCUT2D eigenvalue weighted by molar-refractivity contribution is -0.423. The van der Waals surface area contributed by atoms with E-state index in [0.29, 0.717) is 48.9 Å². The molecule has 0 radical (unpaired) electrons. The molecule has 1 aromatic carbocycles. The van der Waals surface area contributed by atoms with Gasteiger partial charge in [0.05, 0.1) is 17.4 Å². The van der Waals surface area contributed by atoms with Gasteiger partial charge in [0, 0.05) is 42.5 Å².